The summed E-state index contributed by atoms with van der Waals surface area (Å²) in [6.07, 6.45) is 13.2. The zero-order valence-electron chi connectivity index (χ0n) is 27.2. The molecule has 0 bridgehead atoms. The number of carbonyl (C=O) groups is 3. The van der Waals surface area contributed by atoms with Crippen molar-refractivity contribution in [2.45, 2.75) is 103 Å². The molecular weight excluding hydrogens is 597 g/mol. The molecule has 0 spiro atoms. The molecular formula is C35H52FNO7S. The van der Waals surface area contributed by atoms with E-state index in [0.29, 0.717) is 17.7 Å². The number of carboxylic acids is 1. The Morgan fingerprint density at radius 1 is 1.04 bits per heavy atom. The van der Waals surface area contributed by atoms with Crippen molar-refractivity contribution in [2.24, 2.45) is 5.92 Å². The zero-order chi connectivity index (χ0) is 33.3. The van der Waals surface area contributed by atoms with Crippen molar-refractivity contribution in [3.05, 3.63) is 42.0 Å². The van der Waals surface area contributed by atoms with E-state index in [1.54, 1.807) is 37.3 Å². The Hall–Kier alpha value is -3.03. The van der Waals surface area contributed by atoms with E-state index in [1.165, 1.54) is 51.0 Å². The molecule has 8 nitrogen and oxygen atoms in total. The third-order valence-electron chi connectivity index (χ3n) is 7.43. The average Bonchev–Trinajstić information content (AvgIpc) is 3.03. The third-order valence-corrected chi connectivity index (χ3v) is 8.58. The maximum Gasteiger partial charge on any atom is 0.336 e. The number of esters is 1. The van der Waals surface area contributed by atoms with E-state index in [0.717, 1.165) is 31.4 Å². The number of unbranched alkanes of at least 4 members (excludes halogenated alkanes) is 8. The predicted octanol–water partition coefficient (Wildman–Crippen LogP) is 6.29. The number of methoxy groups -OCH3 is 1. The number of alkyl halides is 1. The molecule has 0 aliphatic rings. The van der Waals surface area contributed by atoms with Crippen LogP contribution in [0.3, 0.4) is 0 Å². The summed E-state index contributed by atoms with van der Waals surface area (Å²) in [6, 6.07) is 5.67. The molecule has 0 aliphatic heterocycles. The minimum atomic E-state index is -2.69. The third kappa shape index (κ3) is 16.2. The van der Waals surface area contributed by atoms with Crippen LogP contribution < -0.4 is 10.1 Å². The van der Waals surface area contributed by atoms with Crippen molar-refractivity contribution in [1.82, 2.24) is 5.32 Å². The highest BCUT2D eigenvalue weighted by molar-refractivity contribution is 7.99. The number of rotatable bonds is 25. The van der Waals surface area contributed by atoms with Gasteiger partial charge >= 0.3 is 11.9 Å². The predicted molar refractivity (Wildman–Crippen MR) is 178 cm³/mol. The first-order valence-corrected chi connectivity index (χ1v) is 17.1. The van der Waals surface area contributed by atoms with Gasteiger partial charge in [0.2, 0.25) is 5.91 Å². The minimum absolute atomic E-state index is 0.0373. The summed E-state index contributed by atoms with van der Waals surface area (Å²) in [5, 5.41) is 23.3. The SMILES string of the molecule is CC#CCOc1ccc(C[C@H](NC(=O)[C@@H](C=CCCCCCCSCCCCCCC)[C@@](O)(CCF)C(=O)O)C(=O)OC)cc1. The molecule has 0 unspecified atom stereocenters. The molecule has 3 N–H and O–H groups in total. The quantitative estimate of drug-likeness (QED) is 0.0489. The van der Waals surface area contributed by atoms with Crippen LogP contribution in [-0.4, -0.2) is 71.6 Å². The van der Waals surface area contributed by atoms with E-state index in [2.05, 4.69) is 24.1 Å². The molecule has 1 aromatic rings. The van der Waals surface area contributed by atoms with Gasteiger partial charge in [-0.1, -0.05) is 75.7 Å². The van der Waals surface area contributed by atoms with Crippen molar-refractivity contribution in [3.8, 4) is 17.6 Å². The molecule has 0 saturated carbocycles. The summed E-state index contributed by atoms with van der Waals surface area (Å²) in [4.78, 5) is 38.0. The molecule has 10 heteroatoms. The summed E-state index contributed by atoms with van der Waals surface area (Å²) >= 11 is 1.99. The maximum atomic E-state index is 13.4. The van der Waals surface area contributed by atoms with E-state index < -0.39 is 48.5 Å². The summed E-state index contributed by atoms with van der Waals surface area (Å²) in [5.41, 5.74) is -2.02. The van der Waals surface area contributed by atoms with Crippen LogP contribution in [0.4, 0.5) is 4.39 Å². The van der Waals surface area contributed by atoms with Crippen molar-refractivity contribution >= 4 is 29.6 Å². The van der Waals surface area contributed by atoms with E-state index in [4.69, 9.17) is 9.47 Å². The number of allylic oxidation sites excluding steroid dienone is 1. The van der Waals surface area contributed by atoms with Gasteiger partial charge in [-0.15, -0.1) is 5.92 Å². The lowest BCUT2D eigenvalue weighted by molar-refractivity contribution is -0.168. The molecule has 1 aromatic carbocycles. The van der Waals surface area contributed by atoms with Crippen LogP contribution in [-0.2, 0) is 25.5 Å². The average molecular weight is 650 g/mol. The number of carboxylic acid groups (broad SMARTS) is 1. The van der Waals surface area contributed by atoms with E-state index in [-0.39, 0.29) is 13.0 Å². The maximum absolute atomic E-state index is 13.4. The fourth-order valence-corrected chi connectivity index (χ4v) is 5.73. The number of benzene rings is 1. The Morgan fingerprint density at radius 3 is 2.27 bits per heavy atom. The van der Waals surface area contributed by atoms with Crippen molar-refractivity contribution < 1.29 is 38.5 Å². The summed E-state index contributed by atoms with van der Waals surface area (Å²) < 4.78 is 23.7. The van der Waals surface area contributed by atoms with E-state index in [1.807, 2.05) is 11.8 Å². The number of hydrogen-bond acceptors (Lipinski definition) is 7. The molecule has 0 aliphatic carbocycles. The Balaban J connectivity index is 2.79. The highest BCUT2D eigenvalue weighted by Crippen LogP contribution is 2.26. The van der Waals surface area contributed by atoms with Gasteiger partial charge in [0.25, 0.3) is 0 Å². The van der Waals surface area contributed by atoms with Gasteiger partial charge in [0, 0.05) is 12.8 Å². The molecule has 45 heavy (non-hydrogen) atoms. The van der Waals surface area contributed by atoms with Crippen LogP contribution in [0.2, 0.25) is 0 Å². The second-order valence-corrected chi connectivity index (χ2v) is 12.2. The lowest BCUT2D eigenvalue weighted by atomic mass is 9.83. The highest BCUT2D eigenvalue weighted by atomic mass is 32.2. The number of thioether (sulfide) groups is 1. The van der Waals surface area contributed by atoms with Crippen LogP contribution >= 0.6 is 11.8 Å². The van der Waals surface area contributed by atoms with Crippen LogP contribution in [0.25, 0.3) is 0 Å². The molecule has 1 rings (SSSR count). The van der Waals surface area contributed by atoms with Gasteiger partial charge in [0.1, 0.15) is 18.4 Å². The van der Waals surface area contributed by atoms with Crippen LogP contribution in [0, 0.1) is 17.8 Å². The monoisotopic (exact) mass is 649 g/mol. The van der Waals surface area contributed by atoms with Gasteiger partial charge in [-0.25, -0.2) is 9.59 Å². The van der Waals surface area contributed by atoms with Crippen molar-refractivity contribution in [3.63, 3.8) is 0 Å². The lowest BCUT2D eigenvalue weighted by Crippen LogP contribution is -2.55. The standard InChI is InChI=1S/C35H52FNO7S/c1-4-6-8-12-15-25-45-26-16-13-10-9-11-14-17-30(35(42,22-23-36)34(40)41)32(38)37-31(33(39)43-3)27-28-18-20-29(21-19-28)44-24-7-5-2/h14,17-21,30-31,42H,4,6,8-13,15-16,22-27H2,1-3H3,(H,37,38)(H,40,41)/t30-,31+,35+/m1/s1. The molecule has 0 radical (unpaired) electrons. The number of ether oxygens (including phenoxy) is 2. The smallest absolute Gasteiger partial charge is 0.336 e. The van der Waals surface area contributed by atoms with E-state index >= 15 is 0 Å². The fraction of sp³-hybridized carbons (Fsp3) is 0.629. The first kappa shape index (κ1) is 40.0. The minimum Gasteiger partial charge on any atom is -0.481 e. The first-order chi connectivity index (χ1) is 21.7. The van der Waals surface area contributed by atoms with Crippen molar-refractivity contribution in [1.29, 1.82) is 0 Å². The van der Waals surface area contributed by atoms with Gasteiger partial charge in [0.15, 0.2) is 5.60 Å². The first-order valence-electron chi connectivity index (χ1n) is 16.0. The number of nitrogens with one attached hydrogen (secondary N) is 1. The van der Waals surface area contributed by atoms with Crippen LogP contribution in [0.15, 0.2) is 36.4 Å². The van der Waals surface area contributed by atoms with Crippen LogP contribution in [0.5, 0.6) is 5.75 Å². The normalized spacial score (nSPS) is 13.7. The number of hydrogen-bond donors (Lipinski definition) is 3. The Morgan fingerprint density at radius 2 is 1.69 bits per heavy atom. The number of amides is 1. The molecule has 0 fully saturated rings. The van der Waals surface area contributed by atoms with Crippen LogP contribution in [0.1, 0.15) is 90.0 Å². The van der Waals surface area contributed by atoms with Gasteiger partial charge in [-0.3, -0.25) is 9.18 Å². The zero-order valence-corrected chi connectivity index (χ0v) is 28.0. The molecule has 252 valence electrons. The summed E-state index contributed by atoms with van der Waals surface area (Å²) in [7, 11) is 1.18. The van der Waals surface area contributed by atoms with Gasteiger partial charge < -0.3 is 25.0 Å². The Bertz CT molecular complexity index is 1090. The number of carbonyl (C=O) groups excluding carboxylic acids is 2. The van der Waals surface area contributed by atoms with Gasteiger partial charge in [0.05, 0.1) is 19.7 Å². The number of aliphatic carboxylic acids is 1. The highest BCUT2D eigenvalue weighted by Gasteiger charge is 2.47. The number of halogens is 1. The fourth-order valence-electron chi connectivity index (χ4n) is 4.71. The Labute approximate surface area is 272 Å². The molecule has 0 saturated heterocycles. The second kappa shape index (κ2) is 24.2. The van der Waals surface area contributed by atoms with E-state index in [9.17, 15) is 29.0 Å². The largest absolute Gasteiger partial charge is 0.481 e. The lowest BCUT2D eigenvalue weighted by Gasteiger charge is -2.30. The summed E-state index contributed by atoms with van der Waals surface area (Å²) in [5.74, 6) is 3.45. The van der Waals surface area contributed by atoms with Gasteiger partial charge in [-0.2, -0.15) is 11.8 Å². The second-order valence-electron chi connectivity index (χ2n) is 11.0. The van der Waals surface area contributed by atoms with Crippen molar-refractivity contribution in [2.75, 3.05) is 31.9 Å². The number of aliphatic hydroxyl groups is 1. The summed E-state index contributed by atoms with van der Waals surface area (Å²) in [6.45, 7) is 3.02. The Kier molecular flexibility index (Phi) is 21.5. The molecule has 3 atom stereocenters. The molecule has 0 aromatic heterocycles. The molecule has 0 heterocycles. The van der Waals surface area contributed by atoms with Gasteiger partial charge in [-0.05, 0) is 61.8 Å². The molecule has 1 amide bonds. The topological polar surface area (TPSA) is 122 Å².